The minimum Gasteiger partial charge on any atom is -0.378 e. The van der Waals surface area contributed by atoms with E-state index in [0.29, 0.717) is 30.5 Å². The van der Waals surface area contributed by atoms with Crippen LogP contribution in [0.25, 0.3) is 0 Å². The molecule has 116 valence electrons. The first-order chi connectivity index (χ1) is 10.7. The average molecular weight is 303 g/mol. The maximum Gasteiger partial charge on any atom is 0.324 e. The fourth-order valence-corrected chi connectivity index (χ4v) is 2.14. The molecule has 0 unspecified atom stereocenters. The molecule has 1 fully saturated rings. The van der Waals surface area contributed by atoms with Crippen molar-refractivity contribution in [3.05, 3.63) is 30.2 Å². The first kappa shape index (κ1) is 14.3. The van der Waals surface area contributed by atoms with Crippen LogP contribution in [0.2, 0.25) is 0 Å². The van der Waals surface area contributed by atoms with Gasteiger partial charge in [0.05, 0.1) is 25.1 Å². The smallest absolute Gasteiger partial charge is 0.324 e. The zero-order valence-corrected chi connectivity index (χ0v) is 12.2. The van der Waals surface area contributed by atoms with Crippen molar-refractivity contribution in [1.82, 2.24) is 10.1 Å². The Balaban J connectivity index is 1.57. The number of anilines is 3. The highest BCUT2D eigenvalue weighted by atomic mass is 16.5. The number of carbonyl (C=O) groups excluding carboxylic acids is 1. The molecule has 22 heavy (non-hydrogen) atoms. The second kappa shape index (κ2) is 6.44. The van der Waals surface area contributed by atoms with Gasteiger partial charge in [-0.2, -0.15) is 0 Å². The fraction of sp³-hybridized carbons (Fsp3) is 0.357. The minimum atomic E-state index is -0.394. The van der Waals surface area contributed by atoms with Crippen LogP contribution in [0, 0.1) is 6.92 Å². The Hall–Kier alpha value is -2.61. The van der Waals surface area contributed by atoms with E-state index in [1.54, 1.807) is 19.2 Å². The quantitative estimate of drug-likeness (QED) is 0.899. The van der Waals surface area contributed by atoms with Crippen molar-refractivity contribution in [2.75, 3.05) is 41.8 Å². The van der Waals surface area contributed by atoms with E-state index in [-0.39, 0.29) is 0 Å². The van der Waals surface area contributed by atoms with Gasteiger partial charge in [-0.15, -0.1) is 0 Å². The van der Waals surface area contributed by atoms with Gasteiger partial charge in [0.15, 0.2) is 5.82 Å². The summed E-state index contributed by atoms with van der Waals surface area (Å²) in [5.41, 5.74) is 0.606. The molecular weight excluding hydrogens is 286 g/mol. The number of carbonyl (C=O) groups is 1. The van der Waals surface area contributed by atoms with Crippen molar-refractivity contribution in [2.45, 2.75) is 6.92 Å². The third-order valence-corrected chi connectivity index (χ3v) is 3.21. The van der Waals surface area contributed by atoms with E-state index in [9.17, 15) is 4.79 Å². The molecule has 2 N–H and O–H groups in total. The van der Waals surface area contributed by atoms with Gasteiger partial charge in [0, 0.05) is 19.2 Å². The van der Waals surface area contributed by atoms with E-state index >= 15 is 0 Å². The Morgan fingerprint density at radius 2 is 2.09 bits per heavy atom. The highest BCUT2D eigenvalue weighted by Gasteiger charge is 2.12. The molecule has 0 radical (unpaired) electrons. The first-order valence-corrected chi connectivity index (χ1v) is 7.01. The molecule has 1 saturated heterocycles. The molecule has 1 aliphatic rings. The summed E-state index contributed by atoms with van der Waals surface area (Å²) in [4.78, 5) is 18.3. The summed E-state index contributed by atoms with van der Waals surface area (Å²) in [7, 11) is 0. The van der Waals surface area contributed by atoms with Gasteiger partial charge in [-0.25, -0.2) is 9.78 Å². The summed E-state index contributed by atoms with van der Waals surface area (Å²) in [5, 5.41) is 8.96. The molecule has 0 saturated carbocycles. The van der Waals surface area contributed by atoms with Crippen LogP contribution in [-0.2, 0) is 4.74 Å². The maximum atomic E-state index is 11.8. The summed E-state index contributed by atoms with van der Waals surface area (Å²) < 4.78 is 10.2. The number of urea groups is 1. The lowest BCUT2D eigenvalue weighted by Gasteiger charge is -2.27. The number of rotatable bonds is 3. The molecule has 0 aliphatic carbocycles. The van der Waals surface area contributed by atoms with E-state index in [1.165, 1.54) is 0 Å². The number of ether oxygens (including phenoxy) is 1. The van der Waals surface area contributed by atoms with E-state index in [1.807, 2.05) is 12.1 Å². The van der Waals surface area contributed by atoms with Crippen LogP contribution >= 0.6 is 0 Å². The third-order valence-electron chi connectivity index (χ3n) is 3.21. The van der Waals surface area contributed by atoms with Crippen molar-refractivity contribution in [3.63, 3.8) is 0 Å². The van der Waals surface area contributed by atoms with Crippen LogP contribution in [0.1, 0.15) is 5.76 Å². The van der Waals surface area contributed by atoms with Crippen molar-refractivity contribution < 1.29 is 14.1 Å². The lowest BCUT2D eigenvalue weighted by molar-refractivity contribution is 0.122. The molecule has 8 nitrogen and oxygen atoms in total. The summed E-state index contributed by atoms with van der Waals surface area (Å²) in [6.45, 7) is 4.82. The number of hydrogen-bond acceptors (Lipinski definition) is 6. The lowest BCUT2D eigenvalue weighted by Crippen LogP contribution is -2.36. The van der Waals surface area contributed by atoms with Crippen molar-refractivity contribution in [1.29, 1.82) is 0 Å². The molecule has 8 heteroatoms. The fourth-order valence-electron chi connectivity index (χ4n) is 2.14. The number of amides is 2. The predicted octanol–water partition coefficient (Wildman–Crippen LogP) is 1.86. The van der Waals surface area contributed by atoms with Gasteiger partial charge in [0.2, 0.25) is 0 Å². The second-order valence-corrected chi connectivity index (χ2v) is 4.91. The van der Waals surface area contributed by atoms with Crippen molar-refractivity contribution >= 4 is 23.4 Å². The van der Waals surface area contributed by atoms with Gasteiger partial charge in [0.25, 0.3) is 0 Å². The predicted molar refractivity (Wildman–Crippen MR) is 81.2 cm³/mol. The number of aryl methyl sites for hydroxylation is 1. The molecule has 0 aromatic carbocycles. The molecular formula is C14H17N5O3. The van der Waals surface area contributed by atoms with E-state index < -0.39 is 6.03 Å². The largest absolute Gasteiger partial charge is 0.378 e. The van der Waals surface area contributed by atoms with Gasteiger partial charge in [-0.3, -0.25) is 5.32 Å². The zero-order chi connectivity index (χ0) is 15.4. The Morgan fingerprint density at radius 1 is 1.27 bits per heavy atom. The summed E-state index contributed by atoms with van der Waals surface area (Å²) >= 11 is 0. The van der Waals surface area contributed by atoms with Gasteiger partial charge >= 0.3 is 6.03 Å². The van der Waals surface area contributed by atoms with Gasteiger partial charge in [-0.05, 0) is 19.1 Å². The molecule has 0 spiro atoms. The molecule has 3 heterocycles. The first-order valence-electron chi connectivity index (χ1n) is 7.01. The molecule has 0 bridgehead atoms. The van der Waals surface area contributed by atoms with Crippen LogP contribution in [0.3, 0.4) is 0 Å². The number of aromatic nitrogens is 2. The number of nitrogens with one attached hydrogen (secondary N) is 2. The maximum absolute atomic E-state index is 11.8. The van der Waals surface area contributed by atoms with E-state index in [0.717, 1.165) is 18.9 Å². The van der Waals surface area contributed by atoms with Crippen LogP contribution in [-0.4, -0.2) is 42.5 Å². The van der Waals surface area contributed by atoms with Crippen molar-refractivity contribution in [3.8, 4) is 0 Å². The van der Waals surface area contributed by atoms with E-state index in [4.69, 9.17) is 9.26 Å². The molecule has 2 aromatic rings. The third kappa shape index (κ3) is 3.53. The Bertz CT molecular complexity index is 634. The average Bonchev–Trinajstić information content (AvgIpc) is 2.94. The highest BCUT2D eigenvalue weighted by molar-refractivity contribution is 5.99. The topological polar surface area (TPSA) is 92.5 Å². The van der Waals surface area contributed by atoms with Crippen LogP contribution < -0.4 is 15.5 Å². The molecule has 0 atom stereocenters. The Labute approximate surface area is 127 Å². The van der Waals surface area contributed by atoms with Gasteiger partial charge in [-0.1, -0.05) is 5.16 Å². The number of hydrogen-bond donors (Lipinski definition) is 2. The lowest BCUT2D eigenvalue weighted by atomic mass is 10.3. The minimum absolute atomic E-state index is 0.368. The standard InChI is InChI=1S/C14H17N5O3/c1-10-8-12(18-22-10)17-14(20)16-11-2-3-13(15-9-11)19-4-6-21-7-5-19/h2-3,8-9H,4-7H2,1H3,(H2,16,17,18,20). The highest BCUT2D eigenvalue weighted by Crippen LogP contribution is 2.16. The summed E-state index contributed by atoms with van der Waals surface area (Å²) in [6, 6.07) is 4.93. The second-order valence-electron chi connectivity index (χ2n) is 4.91. The molecule has 2 aromatic heterocycles. The SMILES string of the molecule is Cc1cc(NC(=O)Nc2ccc(N3CCOCC3)nc2)no1. The van der Waals surface area contributed by atoms with Crippen LogP contribution in [0.15, 0.2) is 28.9 Å². The number of morpholine rings is 1. The summed E-state index contributed by atoms with van der Waals surface area (Å²) in [5.74, 6) is 1.88. The molecule has 2 amide bonds. The van der Waals surface area contributed by atoms with Crippen molar-refractivity contribution in [2.24, 2.45) is 0 Å². The van der Waals surface area contributed by atoms with E-state index in [2.05, 4.69) is 25.7 Å². The normalized spacial score (nSPS) is 14.7. The van der Waals surface area contributed by atoms with Crippen LogP contribution in [0.4, 0.5) is 22.1 Å². The molecule has 3 rings (SSSR count). The number of nitrogens with zero attached hydrogens (tertiary/aromatic N) is 3. The van der Waals surface area contributed by atoms with Gasteiger partial charge < -0.3 is 19.5 Å². The summed E-state index contributed by atoms with van der Waals surface area (Å²) in [6.07, 6.45) is 1.62. The van der Waals surface area contributed by atoms with Crippen LogP contribution in [0.5, 0.6) is 0 Å². The van der Waals surface area contributed by atoms with Gasteiger partial charge in [0.1, 0.15) is 11.6 Å². The monoisotopic (exact) mass is 303 g/mol. The molecule has 1 aliphatic heterocycles. The Kier molecular flexibility index (Phi) is 4.19. The zero-order valence-electron chi connectivity index (χ0n) is 12.2. The Morgan fingerprint density at radius 3 is 2.73 bits per heavy atom. The number of pyridine rings is 1.